The van der Waals surface area contributed by atoms with Crippen LogP contribution in [0.5, 0.6) is 0 Å². The van der Waals surface area contributed by atoms with Crippen LogP contribution in [0, 0.1) is 12.8 Å². The van der Waals surface area contributed by atoms with Crippen molar-refractivity contribution in [3.05, 3.63) is 59.0 Å². The molecule has 1 aromatic carbocycles. The molecule has 180 valence electrons. The van der Waals surface area contributed by atoms with Crippen LogP contribution in [0.25, 0.3) is 11.1 Å². The third-order valence-corrected chi connectivity index (χ3v) is 7.22. The molecule has 0 radical (unpaired) electrons. The molecule has 1 saturated heterocycles. The van der Waals surface area contributed by atoms with Crippen LogP contribution in [0.2, 0.25) is 0 Å². The van der Waals surface area contributed by atoms with Crippen molar-refractivity contribution in [3.8, 4) is 11.1 Å². The summed E-state index contributed by atoms with van der Waals surface area (Å²) in [5.74, 6) is -0.0262. The Hall–Kier alpha value is -2.99. The van der Waals surface area contributed by atoms with E-state index >= 15 is 0 Å². The Morgan fingerprint density at radius 3 is 2.53 bits per heavy atom. The molecule has 2 aromatic rings. The summed E-state index contributed by atoms with van der Waals surface area (Å²) in [6, 6.07) is 4.54. The van der Waals surface area contributed by atoms with Crippen LogP contribution in [0.15, 0.2) is 47.8 Å². The number of nitrogens with zero attached hydrogens (tertiary/aromatic N) is 3. The molecule has 6 heteroatoms. The summed E-state index contributed by atoms with van der Waals surface area (Å²) in [6.07, 6.45) is 10.4. The van der Waals surface area contributed by atoms with Gasteiger partial charge in [-0.25, -0.2) is 0 Å². The lowest BCUT2D eigenvalue weighted by Gasteiger charge is -2.34. The number of carbonyl (C=O) groups is 2. The number of hydrogen-bond acceptors (Lipinski definition) is 5. The summed E-state index contributed by atoms with van der Waals surface area (Å²) in [4.78, 5) is 28.4. The number of benzene rings is 1. The molecule has 1 atom stereocenters. The maximum absolute atomic E-state index is 13.5. The molecule has 1 fully saturated rings. The van der Waals surface area contributed by atoms with E-state index in [2.05, 4.69) is 23.1 Å². The molecule has 0 amide bonds. The first-order valence-corrected chi connectivity index (χ1v) is 12.1. The predicted octanol–water partition coefficient (Wildman–Crippen LogP) is 5.07. The molecule has 1 unspecified atom stereocenters. The summed E-state index contributed by atoms with van der Waals surface area (Å²) < 4.78 is 7.33. The number of hydrogen-bond donors (Lipinski definition) is 0. The zero-order valence-electron chi connectivity index (χ0n) is 20.9. The molecule has 0 saturated carbocycles. The summed E-state index contributed by atoms with van der Waals surface area (Å²) in [5.41, 5.74) is 6.78. The van der Waals surface area contributed by atoms with E-state index < -0.39 is 0 Å². The van der Waals surface area contributed by atoms with E-state index in [1.54, 1.807) is 10.8 Å². The molecular weight excluding hydrogens is 426 g/mol. The monoisotopic (exact) mass is 461 g/mol. The molecule has 0 spiro atoms. The molecule has 1 aromatic heterocycles. The van der Waals surface area contributed by atoms with Crippen molar-refractivity contribution in [1.82, 2.24) is 9.78 Å². The number of aryl methyl sites for hydroxylation is 1. The van der Waals surface area contributed by atoms with Crippen LogP contribution < -0.4 is 4.90 Å². The number of anilines is 1. The first kappa shape index (κ1) is 24.1. The number of aromatic nitrogens is 2. The Bertz CT molecular complexity index is 1150. The Morgan fingerprint density at radius 1 is 1.15 bits per heavy atom. The number of ether oxygens (including phenoxy) is 1. The normalized spacial score (nSPS) is 19.1. The second-order valence-corrected chi connectivity index (χ2v) is 9.72. The summed E-state index contributed by atoms with van der Waals surface area (Å²) in [7, 11) is 4.01. The van der Waals surface area contributed by atoms with Gasteiger partial charge in [-0.2, -0.15) is 5.10 Å². The molecular formula is C28H35N3O3. The fourth-order valence-corrected chi connectivity index (χ4v) is 5.19. The van der Waals surface area contributed by atoms with E-state index in [9.17, 15) is 9.59 Å². The Morgan fingerprint density at radius 2 is 1.88 bits per heavy atom. The van der Waals surface area contributed by atoms with Gasteiger partial charge >= 0.3 is 0 Å². The molecule has 0 bridgehead atoms. The highest BCUT2D eigenvalue weighted by Gasteiger charge is 2.26. The maximum Gasteiger partial charge on any atom is 0.163 e. The van der Waals surface area contributed by atoms with Gasteiger partial charge in [0.1, 0.15) is 0 Å². The minimum atomic E-state index is -0.209. The van der Waals surface area contributed by atoms with Crippen LogP contribution >= 0.6 is 0 Å². The highest BCUT2D eigenvalue weighted by atomic mass is 16.5. The largest absolute Gasteiger partial charge is 0.381 e. The topological polar surface area (TPSA) is 64.4 Å². The van der Waals surface area contributed by atoms with E-state index in [-0.39, 0.29) is 17.5 Å². The summed E-state index contributed by atoms with van der Waals surface area (Å²) in [5, 5.41) is 4.33. The average molecular weight is 462 g/mol. The Balaban J connectivity index is 1.64. The summed E-state index contributed by atoms with van der Waals surface area (Å²) in [6.45, 7) is 7.48. The molecule has 1 aliphatic carbocycles. The van der Waals surface area contributed by atoms with Gasteiger partial charge in [-0.1, -0.05) is 11.6 Å². The summed E-state index contributed by atoms with van der Waals surface area (Å²) >= 11 is 0. The minimum Gasteiger partial charge on any atom is -0.381 e. The lowest BCUT2D eigenvalue weighted by molar-refractivity contribution is -0.117. The van der Waals surface area contributed by atoms with Crippen LogP contribution in [-0.4, -0.2) is 47.7 Å². The fourth-order valence-electron chi connectivity index (χ4n) is 5.19. The second-order valence-electron chi connectivity index (χ2n) is 9.72. The van der Waals surface area contributed by atoms with Gasteiger partial charge < -0.3 is 9.64 Å². The minimum absolute atomic E-state index is 0.0803. The number of rotatable bonds is 7. The van der Waals surface area contributed by atoms with Gasteiger partial charge in [0.25, 0.3) is 0 Å². The Labute approximate surface area is 202 Å². The van der Waals surface area contributed by atoms with Crippen LogP contribution in [0.4, 0.5) is 5.69 Å². The third kappa shape index (κ3) is 5.07. The van der Waals surface area contributed by atoms with Gasteiger partial charge in [0.2, 0.25) is 0 Å². The van der Waals surface area contributed by atoms with Crippen molar-refractivity contribution in [1.29, 1.82) is 0 Å². The second kappa shape index (κ2) is 10.1. The first-order valence-electron chi connectivity index (χ1n) is 12.1. The van der Waals surface area contributed by atoms with E-state index in [1.807, 2.05) is 52.4 Å². The van der Waals surface area contributed by atoms with Gasteiger partial charge in [0.05, 0.1) is 6.20 Å². The van der Waals surface area contributed by atoms with E-state index in [0.29, 0.717) is 18.9 Å². The molecule has 34 heavy (non-hydrogen) atoms. The van der Waals surface area contributed by atoms with Gasteiger partial charge in [0.15, 0.2) is 11.6 Å². The highest BCUT2D eigenvalue weighted by molar-refractivity contribution is 6.01. The number of carbonyl (C=O) groups excluding carboxylic acids is 2. The van der Waals surface area contributed by atoms with E-state index in [1.165, 1.54) is 0 Å². The number of allylic oxidation sites excluding steroid dienone is 4. The Kier molecular flexibility index (Phi) is 7.17. The zero-order chi connectivity index (χ0) is 24.4. The van der Waals surface area contributed by atoms with E-state index in [4.69, 9.17) is 4.74 Å². The van der Waals surface area contributed by atoms with Gasteiger partial charge in [-0.3, -0.25) is 14.3 Å². The van der Waals surface area contributed by atoms with Crippen LogP contribution in [0.3, 0.4) is 0 Å². The third-order valence-electron chi connectivity index (χ3n) is 7.22. The van der Waals surface area contributed by atoms with Crippen LogP contribution in [0.1, 0.15) is 55.5 Å². The molecule has 4 rings (SSSR count). The number of ketones is 2. The first-order chi connectivity index (χ1) is 16.2. The van der Waals surface area contributed by atoms with Crippen molar-refractivity contribution in [2.45, 2.75) is 52.5 Å². The van der Waals surface area contributed by atoms with Crippen molar-refractivity contribution in [3.63, 3.8) is 0 Å². The van der Waals surface area contributed by atoms with Crippen molar-refractivity contribution < 1.29 is 14.3 Å². The smallest absolute Gasteiger partial charge is 0.163 e. The maximum atomic E-state index is 13.5. The zero-order valence-corrected chi connectivity index (χ0v) is 20.9. The lowest BCUT2D eigenvalue weighted by atomic mass is 9.84. The molecule has 6 nitrogen and oxygen atoms in total. The number of Topliss-reactive ketones (excluding diaryl/α,β-unsaturated/α-hetero) is 1. The lowest BCUT2D eigenvalue weighted by Crippen LogP contribution is -2.37. The SMILES string of the molecule is CC1=CC(=O)C(CCC(=O)c2cc(-c3cnn(C)c3)cc(N(C)C3CCOCC3)c2C)C(C)=C1. The van der Waals surface area contributed by atoms with Gasteiger partial charge in [0, 0.05) is 68.7 Å². The van der Waals surface area contributed by atoms with E-state index in [0.717, 1.165) is 65.1 Å². The average Bonchev–Trinajstić information content (AvgIpc) is 3.24. The standard InChI is InChI=1S/C28H35N3O3/c1-18-12-19(2)24(28(33)13-18)6-7-27(32)25-14-21(22-16-29-30(4)17-22)15-26(20(25)3)31(5)23-8-10-34-11-9-23/h12-17,23-24H,6-11H2,1-5H3. The van der Waals surface area contributed by atoms with Gasteiger partial charge in [-0.05, 0) is 74.9 Å². The quantitative estimate of drug-likeness (QED) is 0.539. The van der Waals surface area contributed by atoms with Crippen LogP contribution in [-0.2, 0) is 16.6 Å². The predicted molar refractivity (Wildman–Crippen MR) is 135 cm³/mol. The molecule has 2 heterocycles. The fraction of sp³-hybridized carbons (Fsp3) is 0.464. The van der Waals surface area contributed by atoms with Gasteiger partial charge in [-0.15, -0.1) is 0 Å². The van der Waals surface area contributed by atoms with Crippen molar-refractivity contribution in [2.24, 2.45) is 13.0 Å². The highest BCUT2D eigenvalue weighted by Crippen LogP contribution is 2.34. The van der Waals surface area contributed by atoms with Crippen molar-refractivity contribution in [2.75, 3.05) is 25.2 Å². The van der Waals surface area contributed by atoms with Crippen molar-refractivity contribution >= 4 is 17.3 Å². The molecule has 2 aliphatic rings. The molecule has 0 N–H and O–H groups in total. The molecule has 1 aliphatic heterocycles.